The van der Waals surface area contributed by atoms with Crippen LogP contribution in [0.5, 0.6) is 11.6 Å². The third-order valence-corrected chi connectivity index (χ3v) is 1.24. The molecule has 0 amide bonds. The zero-order chi connectivity index (χ0) is 10.8. The van der Waals surface area contributed by atoms with Gasteiger partial charge in [0.25, 0.3) is 0 Å². The fourth-order valence-electron chi connectivity index (χ4n) is 0.798. The molecule has 1 heterocycles. The quantitative estimate of drug-likeness (QED) is 0.801. The lowest BCUT2D eigenvalue weighted by Gasteiger charge is -2.09. The number of nitrogens with two attached hydrogens (primary N) is 1. The topological polar surface area (TPSA) is 57.4 Å². The first kappa shape index (κ1) is 10.4. The van der Waals surface area contributed by atoms with E-state index in [0.29, 0.717) is 0 Å². The number of aromatic nitrogens is 1. The molecule has 0 bridgehead atoms. The van der Waals surface area contributed by atoms with E-state index in [0.717, 1.165) is 12.1 Å². The van der Waals surface area contributed by atoms with Crippen LogP contribution < -0.4 is 15.2 Å². The number of pyridine rings is 1. The summed E-state index contributed by atoms with van der Waals surface area (Å²) >= 11 is 0. The number of hydrogen-bond acceptors (Lipinski definition) is 4. The van der Waals surface area contributed by atoms with E-state index in [-0.39, 0.29) is 11.7 Å². The van der Waals surface area contributed by atoms with Crippen LogP contribution in [0.4, 0.5) is 19.0 Å². The van der Waals surface area contributed by atoms with Gasteiger partial charge in [-0.1, -0.05) is 0 Å². The standard InChI is InChI=1S/C7H7F3N2O2/c1-13-6-3-4(2-5(11)12-6)14-7(8,9)10/h2-3H,1H3,(H2,11,12). The maximum atomic E-state index is 11.8. The molecular weight excluding hydrogens is 201 g/mol. The number of alkyl halides is 3. The minimum absolute atomic E-state index is 0.0377. The number of ether oxygens (including phenoxy) is 2. The van der Waals surface area contributed by atoms with Gasteiger partial charge in [0.2, 0.25) is 5.88 Å². The first-order chi connectivity index (χ1) is 6.40. The van der Waals surface area contributed by atoms with Gasteiger partial charge in [-0.2, -0.15) is 4.98 Å². The van der Waals surface area contributed by atoms with Crippen molar-refractivity contribution in [3.8, 4) is 11.6 Å². The molecule has 0 unspecified atom stereocenters. The van der Waals surface area contributed by atoms with Crippen molar-refractivity contribution in [3.05, 3.63) is 12.1 Å². The van der Waals surface area contributed by atoms with E-state index in [1.165, 1.54) is 7.11 Å². The van der Waals surface area contributed by atoms with Crippen molar-refractivity contribution in [2.45, 2.75) is 6.36 Å². The van der Waals surface area contributed by atoms with Gasteiger partial charge in [-0.25, -0.2) is 0 Å². The predicted molar refractivity (Wildman–Crippen MR) is 41.9 cm³/mol. The van der Waals surface area contributed by atoms with Crippen molar-refractivity contribution in [2.24, 2.45) is 0 Å². The maximum Gasteiger partial charge on any atom is 0.573 e. The number of rotatable bonds is 2. The lowest BCUT2D eigenvalue weighted by Crippen LogP contribution is -2.17. The Labute approximate surface area is 77.4 Å². The minimum atomic E-state index is -4.75. The van der Waals surface area contributed by atoms with Crippen molar-refractivity contribution in [3.63, 3.8) is 0 Å². The Balaban J connectivity index is 2.92. The van der Waals surface area contributed by atoms with E-state index in [1.54, 1.807) is 0 Å². The summed E-state index contributed by atoms with van der Waals surface area (Å²) in [5.74, 6) is -0.602. The van der Waals surface area contributed by atoms with Crippen molar-refractivity contribution < 1.29 is 22.6 Å². The van der Waals surface area contributed by atoms with Crippen LogP contribution in [0.15, 0.2) is 12.1 Å². The van der Waals surface area contributed by atoms with Gasteiger partial charge in [0.05, 0.1) is 7.11 Å². The normalized spacial score (nSPS) is 11.1. The minimum Gasteiger partial charge on any atom is -0.481 e. The molecular formula is C7H7F3N2O2. The summed E-state index contributed by atoms with van der Waals surface area (Å²) in [6.45, 7) is 0. The zero-order valence-electron chi connectivity index (χ0n) is 7.13. The van der Waals surface area contributed by atoms with Crippen LogP contribution in [0.2, 0.25) is 0 Å². The average Bonchev–Trinajstić information content (AvgIpc) is 1.99. The van der Waals surface area contributed by atoms with Gasteiger partial charge in [-0.05, 0) is 0 Å². The highest BCUT2D eigenvalue weighted by Crippen LogP contribution is 2.26. The molecule has 78 valence electrons. The smallest absolute Gasteiger partial charge is 0.481 e. The van der Waals surface area contributed by atoms with Crippen LogP contribution in [0.25, 0.3) is 0 Å². The monoisotopic (exact) mass is 208 g/mol. The molecule has 0 saturated heterocycles. The molecule has 2 N–H and O–H groups in total. The lowest BCUT2D eigenvalue weighted by molar-refractivity contribution is -0.274. The summed E-state index contributed by atoms with van der Waals surface area (Å²) in [6.07, 6.45) is -4.75. The fraction of sp³-hybridized carbons (Fsp3) is 0.286. The molecule has 0 fully saturated rings. The van der Waals surface area contributed by atoms with Crippen LogP contribution in [-0.4, -0.2) is 18.5 Å². The summed E-state index contributed by atoms with van der Waals surface area (Å²) in [6, 6.07) is 1.94. The Morgan fingerprint density at radius 1 is 1.36 bits per heavy atom. The van der Waals surface area contributed by atoms with Gasteiger partial charge in [-0.3, -0.25) is 0 Å². The van der Waals surface area contributed by atoms with Crippen molar-refractivity contribution >= 4 is 5.82 Å². The second-order valence-electron chi connectivity index (χ2n) is 2.32. The molecule has 14 heavy (non-hydrogen) atoms. The third kappa shape index (κ3) is 3.00. The van der Waals surface area contributed by atoms with Crippen molar-refractivity contribution in [2.75, 3.05) is 12.8 Å². The summed E-state index contributed by atoms with van der Waals surface area (Å²) in [4.78, 5) is 3.59. The second kappa shape index (κ2) is 3.60. The first-order valence-corrected chi connectivity index (χ1v) is 3.48. The van der Waals surface area contributed by atoms with Gasteiger partial charge >= 0.3 is 6.36 Å². The van der Waals surface area contributed by atoms with Gasteiger partial charge in [0.1, 0.15) is 11.6 Å². The molecule has 1 aromatic rings. The summed E-state index contributed by atoms with van der Waals surface area (Å²) < 4.78 is 43.6. The second-order valence-corrected chi connectivity index (χ2v) is 2.32. The van der Waals surface area contributed by atoms with Crippen LogP contribution >= 0.6 is 0 Å². The first-order valence-electron chi connectivity index (χ1n) is 3.48. The van der Waals surface area contributed by atoms with E-state index in [2.05, 4.69) is 14.5 Å². The Morgan fingerprint density at radius 3 is 2.50 bits per heavy atom. The third-order valence-electron chi connectivity index (χ3n) is 1.24. The van der Waals surface area contributed by atoms with Gasteiger partial charge < -0.3 is 15.2 Å². The molecule has 0 atom stereocenters. The number of hydrogen-bond donors (Lipinski definition) is 1. The summed E-state index contributed by atoms with van der Waals surface area (Å²) in [5.41, 5.74) is 5.22. The number of nitrogens with zero attached hydrogens (tertiary/aromatic N) is 1. The Hall–Kier alpha value is -1.66. The summed E-state index contributed by atoms with van der Waals surface area (Å²) in [5, 5.41) is 0. The number of anilines is 1. The SMILES string of the molecule is COc1cc(OC(F)(F)F)cc(N)n1. The summed E-state index contributed by atoms with van der Waals surface area (Å²) in [7, 11) is 1.26. The van der Waals surface area contributed by atoms with E-state index >= 15 is 0 Å². The molecule has 0 saturated carbocycles. The van der Waals surface area contributed by atoms with Crippen LogP contribution in [0, 0.1) is 0 Å². The van der Waals surface area contributed by atoms with Gasteiger partial charge in [0.15, 0.2) is 0 Å². The zero-order valence-corrected chi connectivity index (χ0v) is 7.13. The number of halogens is 3. The van der Waals surface area contributed by atoms with E-state index in [1.807, 2.05) is 0 Å². The van der Waals surface area contributed by atoms with Crippen molar-refractivity contribution in [1.29, 1.82) is 0 Å². The van der Waals surface area contributed by atoms with E-state index < -0.39 is 12.1 Å². The molecule has 0 spiro atoms. The Kier molecular flexibility index (Phi) is 2.68. The Morgan fingerprint density at radius 2 is 2.00 bits per heavy atom. The van der Waals surface area contributed by atoms with Gasteiger partial charge in [0, 0.05) is 12.1 Å². The number of methoxy groups -OCH3 is 1. The Bertz CT molecular complexity index is 327. The molecule has 0 radical (unpaired) electrons. The average molecular weight is 208 g/mol. The predicted octanol–water partition coefficient (Wildman–Crippen LogP) is 1.57. The molecule has 1 aromatic heterocycles. The highest BCUT2D eigenvalue weighted by molar-refractivity contribution is 5.41. The molecule has 0 aliphatic heterocycles. The molecule has 0 aliphatic carbocycles. The molecule has 0 aliphatic rings. The van der Waals surface area contributed by atoms with Crippen LogP contribution in [0.3, 0.4) is 0 Å². The molecule has 4 nitrogen and oxygen atoms in total. The van der Waals surface area contributed by atoms with E-state index in [4.69, 9.17) is 5.73 Å². The van der Waals surface area contributed by atoms with E-state index in [9.17, 15) is 13.2 Å². The fourth-order valence-corrected chi connectivity index (χ4v) is 0.798. The molecule has 0 aromatic carbocycles. The lowest BCUT2D eigenvalue weighted by atomic mass is 10.4. The van der Waals surface area contributed by atoms with Crippen molar-refractivity contribution in [1.82, 2.24) is 4.98 Å². The molecule has 7 heteroatoms. The highest BCUT2D eigenvalue weighted by atomic mass is 19.4. The van der Waals surface area contributed by atoms with Gasteiger partial charge in [-0.15, -0.1) is 13.2 Å². The largest absolute Gasteiger partial charge is 0.573 e. The highest BCUT2D eigenvalue weighted by Gasteiger charge is 2.31. The van der Waals surface area contributed by atoms with Crippen LogP contribution in [0.1, 0.15) is 0 Å². The maximum absolute atomic E-state index is 11.8. The molecule has 1 rings (SSSR count). The van der Waals surface area contributed by atoms with Crippen LogP contribution in [-0.2, 0) is 0 Å². The number of nitrogen functional groups attached to an aromatic ring is 1.